The van der Waals surface area contributed by atoms with Gasteiger partial charge in [0.2, 0.25) is 0 Å². The molecular formula is C8H9IN2O. The maximum absolute atomic E-state index is 9.37. The number of halogens is 1. The molecule has 4 N–H and O–H groups in total. The highest BCUT2D eigenvalue weighted by atomic mass is 127. The van der Waals surface area contributed by atoms with Crippen molar-refractivity contribution in [3.05, 3.63) is 33.4 Å². The lowest BCUT2D eigenvalue weighted by atomic mass is 10.1. The molecule has 0 bridgehead atoms. The summed E-state index contributed by atoms with van der Waals surface area (Å²) in [6, 6.07) is 7.28. The van der Waals surface area contributed by atoms with Gasteiger partial charge in [-0.05, 0) is 40.3 Å². The van der Waals surface area contributed by atoms with Gasteiger partial charge in [-0.3, -0.25) is 5.41 Å². The highest BCUT2D eigenvalue weighted by molar-refractivity contribution is 14.1. The molecule has 1 aromatic rings. The zero-order valence-corrected chi connectivity index (χ0v) is 8.45. The maximum atomic E-state index is 9.37. The Kier molecular flexibility index (Phi) is 3.05. The molecule has 64 valence electrons. The van der Waals surface area contributed by atoms with Crippen LogP contribution >= 0.6 is 22.6 Å². The van der Waals surface area contributed by atoms with Gasteiger partial charge >= 0.3 is 0 Å². The lowest BCUT2D eigenvalue weighted by molar-refractivity contribution is 0.245. The summed E-state index contributed by atoms with van der Waals surface area (Å²) in [5.41, 5.74) is 5.81. The first-order chi connectivity index (χ1) is 5.61. The van der Waals surface area contributed by atoms with Crippen LogP contribution in [0.4, 0.5) is 0 Å². The third kappa shape index (κ3) is 2.18. The minimum atomic E-state index is -0.972. The van der Waals surface area contributed by atoms with Crippen molar-refractivity contribution < 1.29 is 5.11 Å². The molecule has 1 unspecified atom stereocenters. The second-order valence-corrected chi connectivity index (χ2v) is 3.66. The molecule has 1 atom stereocenters. The fraction of sp³-hybridized carbons (Fsp3) is 0.125. The van der Waals surface area contributed by atoms with E-state index in [1.807, 2.05) is 12.1 Å². The molecule has 4 heteroatoms. The SMILES string of the molecule is N=C(N)C(O)c1cccc(I)c1. The van der Waals surface area contributed by atoms with E-state index in [2.05, 4.69) is 22.6 Å². The Morgan fingerprint density at radius 3 is 2.75 bits per heavy atom. The Morgan fingerprint density at radius 1 is 1.58 bits per heavy atom. The van der Waals surface area contributed by atoms with Crippen LogP contribution in [0.15, 0.2) is 24.3 Å². The van der Waals surface area contributed by atoms with Crippen molar-refractivity contribution in [1.82, 2.24) is 0 Å². The first kappa shape index (κ1) is 9.47. The van der Waals surface area contributed by atoms with Crippen LogP contribution in [-0.2, 0) is 0 Å². The van der Waals surface area contributed by atoms with Gasteiger partial charge in [0.05, 0.1) is 0 Å². The molecule has 0 heterocycles. The second-order valence-electron chi connectivity index (χ2n) is 2.41. The minimum Gasteiger partial charge on any atom is -0.385 e. The van der Waals surface area contributed by atoms with E-state index in [0.717, 1.165) is 3.57 Å². The lowest BCUT2D eigenvalue weighted by Gasteiger charge is -2.08. The number of aliphatic hydroxyl groups excluding tert-OH is 1. The molecule has 0 amide bonds. The molecule has 3 nitrogen and oxygen atoms in total. The fourth-order valence-corrected chi connectivity index (χ4v) is 1.42. The highest BCUT2D eigenvalue weighted by Gasteiger charge is 2.09. The van der Waals surface area contributed by atoms with E-state index in [1.165, 1.54) is 0 Å². The van der Waals surface area contributed by atoms with Crippen molar-refractivity contribution >= 4 is 28.4 Å². The molecule has 1 rings (SSSR count). The summed E-state index contributed by atoms with van der Waals surface area (Å²) >= 11 is 2.14. The summed E-state index contributed by atoms with van der Waals surface area (Å²) in [5, 5.41) is 16.4. The Labute approximate surface area is 84.2 Å². The standard InChI is InChI=1S/C8H9IN2O/c9-6-3-1-2-5(4-6)7(12)8(10)11/h1-4,7,12H,(H3,10,11). The van der Waals surface area contributed by atoms with Crippen LogP contribution in [0.2, 0.25) is 0 Å². The van der Waals surface area contributed by atoms with E-state index in [-0.39, 0.29) is 5.84 Å². The van der Waals surface area contributed by atoms with Crippen molar-refractivity contribution in [2.24, 2.45) is 5.73 Å². The van der Waals surface area contributed by atoms with Crippen molar-refractivity contribution in [2.75, 3.05) is 0 Å². The van der Waals surface area contributed by atoms with E-state index in [0.29, 0.717) is 5.56 Å². The van der Waals surface area contributed by atoms with E-state index in [1.54, 1.807) is 12.1 Å². The lowest BCUT2D eigenvalue weighted by Crippen LogP contribution is -2.19. The molecule has 0 aliphatic carbocycles. The normalized spacial score (nSPS) is 12.5. The van der Waals surface area contributed by atoms with Gasteiger partial charge in [0, 0.05) is 3.57 Å². The molecule has 0 aliphatic rings. The highest BCUT2D eigenvalue weighted by Crippen LogP contribution is 2.15. The van der Waals surface area contributed by atoms with Gasteiger partial charge in [-0.1, -0.05) is 12.1 Å². The van der Waals surface area contributed by atoms with E-state index < -0.39 is 6.10 Å². The van der Waals surface area contributed by atoms with Crippen LogP contribution in [0, 0.1) is 8.98 Å². The topological polar surface area (TPSA) is 70.1 Å². The Hall–Kier alpha value is -0.620. The molecule has 0 saturated carbocycles. The van der Waals surface area contributed by atoms with E-state index in [4.69, 9.17) is 11.1 Å². The maximum Gasteiger partial charge on any atom is 0.135 e. The summed E-state index contributed by atoms with van der Waals surface area (Å²) in [6.45, 7) is 0. The van der Waals surface area contributed by atoms with Gasteiger partial charge < -0.3 is 10.8 Å². The zero-order chi connectivity index (χ0) is 9.14. The first-order valence-electron chi connectivity index (χ1n) is 3.38. The molecule has 0 radical (unpaired) electrons. The number of hydrogen-bond acceptors (Lipinski definition) is 2. The van der Waals surface area contributed by atoms with Gasteiger partial charge in [-0.25, -0.2) is 0 Å². The quantitative estimate of drug-likeness (QED) is 0.432. The van der Waals surface area contributed by atoms with Crippen LogP contribution in [-0.4, -0.2) is 10.9 Å². The Balaban J connectivity index is 2.95. The average molecular weight is 276 g/mol. The molecule has 0 spiro atoms. The summed E-state index contributed by atoms with van der Waals surface area (Å²) in [6.07, 6.45) is -0.972. The molecular weight excluding hydrogens is 267 g/mol. The predicted molar refractivity (Wildman–Crippen MR) is 56.0 cm³/mol. The van der Waals surface area contributed by atoms with Gasteiger partial charge in [-0.15, -0.1) is 0 Å². The van der Waals surface area contributed by atoms with Crippen LogP contribution in [0.25, 0.3) is 0 Å². The zero-order valence-electron chi connectivity index (χ0n) is 6.29. The summed E-state index contributed by atoms with van der Waals surface area (Å²) < 4.78 is 1.02. The van der Waals surface area contributed by atoms with Gasteiger partial charge in [0.1, 0.15) is 11.9 Å². The molecule has 0 saturated heterocycles. The number of aliphatic hydroxyl groups is 1. The molecule has 12 heavy (non-hydrogen) atoms. The van der Waals surface area contributed by atoms with Crippen LogP contribution < -0.4 is 5.73 Å². The molecule has 0 fully saturated rings. The number of benzene rings is 1. The number of nitrogens with one attached hydrogen (secondary N) is 1. The van der Waals surface area contributed by atoms with E-state index in [9.17, 15) is 5.11 Å². The van der Waals surface area contributed by atoms with Gasteiger partial charge in [-0.2, -0.15) is 0 Å². The van der Waals surface area contributed by atoms with Crippen LogP contribution in [0.5, 0.6) is 0 Å². The second kappa shape index (κ2) is 3.86. The van der Waals surface area contributed by atoms with Gasteiger partial charge in [0.15, 0.2) is 0 Å². The summed E-state index contributed by atoms with van der Waals surface area (Å²) in [4.78, 5) is 0. The summed E-state index contributed by atoms with van der Waals surface area (Å²) in [5.74, 6) is -0.225. The smallest absolute Gasteiger partial charge is 0.135 e. The molecule has 0 aliphatic heterocycles. The third-order valence-electron chi connectivity index (χ3n) is 1.46. The van der Waals surface area contributed by atoms with Crippen molar-refractivity contribution in [1.29, 1.82) is 5.41 Å². The third-order valence-corrected chi connectivity index (χ3v) is 2.13. The largest absolute Gasteiger partial charge is 0.385 e. The van der Waals surface area contributed by atoms with Gasteiger partial charge in [0.25, 0.3) is 0 Å². The molecule has 1 aromatic carbocycles. The minimum absolute atomic E-state index is 0.225. The summed E-state index contributed by atoms with van der Waals surface area (Å²) in [7, 11) is 0. The number of rotatable bonds is 2. The predicted octanol–water partition coefficient (Wildman–Crippen LogP) is 1.26. The number of amidine groups is 1. The van der Waals surface area contributed by atoms with Crippen LogP contribution in [0.3, 0.4) is 0 Å². The average Bonchev–Trinajstić information content (AvgIpc) is 2.03. The van der Waals surface area contributed by atoms with Crippen molar-refractivity contribution in [3.63, 3.8) is 0 Å². The molecule has 0 aromatic heterocycles. The number of hydrogen-bond donors (Lipinski definition) is 3. The Bertz CT molecular complexity index is 301. The van der Waals surface area contributed by atoms with Crippen molar-refractivity contribution in [3.8, 4) is 0 Å². The first-order valence-corrected chi connectivity index (χ1v) is 4.46. The van der Waals surface area contributed by atoms with Crippen molar-refractivity contribution in [2.45, 2.75) is 6.10 Å². The fourth-order valence-electron chi connectivity index (χ4n) is 0.856. The Morgan fingerprint density at radius 2 is 2.25 bits per heavy atom. The van der Waals surface area contributed by atoms with Crippen LogP contribution in [0.1, 0.15) is 11.7 Å². The number of nitrogens with two attached hydrogens (primary N) is 1. The monoisotopic (exact) mass is 276 g/mol. The van der Waals surface area contributed by atoms with E-state index >= 15 is 0 Å².